The lowest BCUT2D eigenvalue weighted by Gasteiger charge is -2.45. The molecule has 2 atom stereocenters. The lowest BCUT2D eigenvalue weighted by atomic mass is 9.84. The Bertz CT molecular complexity index is 383. The van der Waals surface area contributed by atoms with Crippen LogP contribution in [-0.4, -0.2) is 55.2 Å². The van der Waals surface area contributed by atoms with Gasteiger partial charge in [-0.3, -0.25) is 4.79 Å². The van der Waals surface area contributed by atoms with E-state index in [9.17, 15) is 13.6 Å². The minimum absolute atomic E-state index is 0.0891. The van der Waals surface area contributed by atoms with Crippen molar-refractivity contribution in [3.05, 3.63) is 0 Å². The van der Waals surface area contributed by atoms with E-state index in [0.29, 0.717) is 45.8 Å². The Hall–Kier alpha value is -0.750. The summed E-state index contributed by atoms with van der Waals surface area (Å²) in [6, 6.07) is 0. The summed E-state index contributed by atoms with van der Waals surface area (Å²) in [4.78, 5) is 14.5. The normalized spacial score (nSPS) is 37.3. The molecule has 0 aromatic rings. The number of hydrogen-bond donors (Lipinski definition) is 0. The standard InChI is InChI=1S/C14H21F2NO3/c15-14(16)3-1-2-11(8-14)12(18)17-5-7-20-10-13(17)4-6-19-9-13/h11H,1-10H2/t11-,13-/m0/s1. The number of carbonyl (C=O) groups excluding carboxylic acids is 1. The van der Waals surface area contributed by atoms with Crippen molar-refractivity contribution in [2.45, 2.75) is 43.6 Å². The largest absolute Gasteiger partial charge is 0.379 e. The third-order valence-corrected chi connectivity index (χ3v) is 4.74. The molecule has 2 aliphatic heterocycles. The Morgan fingerprint density at radius 3 is 2.60 bits per heavy atom. The smallest absolute Gasteiger partial charge is 0.248 e. The Labute approximate surface area is 117 Å². The van der Waals surface area contributed by atoms with Crippen LogP contribution >= 0.6 is 0 Å². The highest BCUT2D eigenvalue weighted by molar-refractivity contribution is 5.80. The molecule has 114 valence electrons. The van der Waals surface area contributed by atoms with Crippen LogP contribution in [0.4, 0.5) is 8.78 Å². The zero-order chi connectivity index (χ0) is 14.2. The Kier molecular flexibility index (Phi) is 3.71. The maximum absolute atomic E-state index is 13.5. The van der Waals surface area contributed by atoms with Crippen LogP contribution in [0.25, 0.3) is 0 Å². The second-order valence-corrected chi connectivity index (χ2v) is 6.22. The first-order chi connectivity index (χ1) is 9.53. The van der Waals surface area contributed by atoms with Gasteiger partial charge >= 0.3 is 0 Å². The van der Waals surface area contributed by atoms with Crippen molar-refractivity contribution in [3.8, 4) is 0 Å². The number of alkyl halides is 2. The molecule has 4 nitrogen and oxygen atoms in total. The summed E-state index contributed by atoms with van der Waals surface area (Å²) in [5.74, 6) is -3.36. The molecule has 0 unspecified atom stereocenters. The molecule has 3 rings (SSSR count). The summed E-state index contributed by atoms with van der Waals surface area (Å²) < 4.78 is 38.0. The maximum atomic E-state index is 13.5. The molecule has 1 spiro atoms. The van der Waals surface area contributed by atoms with Crippen molar-refractivity contribution in [2.24, 2.45) is 5.92 Å². The maximum Gasteiger partial charge on any atom is 0.248 e. The van der Waals surface area contributed by atoms with Gasteiger partial charge in [0, 0.05) is 31.9 Å². The fourth-order valence-electron chi connectivity index (χ4n) is 3.60. The number of morpholine rings is 1. The van der Waals surface area contributed by atoms with E-state index in [1.54, 1.807) is 4.90 Å². The second kappa shape index (κ2) is 5.22. The number of ether oxygens (including phenoxy) is 2. The van der Waals surface area contributed by atoms with E-state index < -0.39 is 17.4 Å². The second-order valence-electron chi connectivity index (χ2n) is 6.22. The summed E-state index contributed by atoms with van der Waals surface area (Å²) in [6.45, 7) is 2.50. The zero-order valence-electron chi connectivity index (χ0n) is 11.6. The molecule has 0 aromatic carbocycles. The Morgan fingerprint density at radius 1 is 1.15 bits per heavy atom. The van der Waals surface area contributed by atoms with Gasteiger partial charge in [0.05, 0.1) is 25.4 Å². The molecule has 1 aliphatic carbocycles. The molecule has 0 bridgehead atoms. The van der Waals surface area contributed by atoms with Gasteiger partial charge in [-0.1, -0.05) is 0 Å². The molecular formula is C14H21F2NO3. The average molecular weight is 289 g/mol. The lowest BCUT2D eigenvalue weighted by Crippen LogP contribution is -2.61. The Balaban J connectivity index is 1.74. The molecule has 0 N–H and O–H groups in total. The van der Waals surface area contributed by atoms with Gasteiger partial charge in [-0.2, -0.15) is 0 Å². The van der Waals surface area contributed by atoms with Gasteiger partial charge in [0.15, 0.2) is 0 Å². The highest BCUT2D eigenvalue weighted by Crippen LogP contribution is 2.39. The van der Waals surface area contributed by atoms with E-state index >= 15 is 0 Å². The van der Waals surface area contributed by atoms with Gasteiger partial charge in [-0.05, 0) is 19.3 Å². The van der Waals surface area contributed by atoms with E-state index in [1.807, 2.05) is 0 Å². The van der Waals surface area contributed by atoms with Gasteiger partial charge < -0.3 is 14.4 Å². The first-order valence-electron chi connectivity index (χ1n) is 7.37. The van der Waals surface area contributed by atoms with E-state index in [-0.39, 0.29) is 18.7 Å². The summed E-state index contributed by atoms with van der Waals surface area (Å²) in [6.07, 6.45) is 1.34. The minimum atomic E-state index is -2.69. The Morgan fingerprint density at radius 2 is 1.90 bits per heavy atom. The van der Waals surface area contributed by atoms with Gasteiger partial charge in [0.2, 0.25) is 11.8 Å². The van der Waals surface area contributed by atoms with E-state index in [2.05, 4.69) is 0 Å². The van der Waals surface area contributed by atoms with Crippen molar-refractivity contribution < 1.29 is 23.0 Å². The van der Waals surface area contributed by atoms with Gasteiger partial charge in [-0.25, -0.2) is 8.78 Å². The summed E-state index contributed by atoms with van der Waals surface area (Å²) in [7, 11) is 0. The third-order valence-electron chi connectivity index (χ3n) is 4.74. The molecule has 0 aromatic heterocycles. The highest BCUT2D eigenvalue weighted by atomic mass is 19.3. The number of carbonyl (C=O) groups is 1. The zero-order valence-corrected chi connectivity index (χ0v) is 11.6. The topological polar surface area (TPSA) is 38.8 Å². The van der Waals surface area contributed by atoms with Crippen LogP contribution in [-0.2, 0) is 14.3 Å². The molecule has 3 aliphatic rings. The number of nitrogens with zero attached hydrogens (tertiary/aromatic N) is 1. The van der Waals surface area contributed by atoms with Gasteiger partial charge in [0.1, 0.15) is 0 Å². The monoisotopic (exact) mass is 289 g/mol. The summed E-state index contributed by atoms with van der Waals surface area (Å²) in [5.41, 5.74) is -0.415. The van der Waals surface area contributed by atoms with Crippen molar-refractivity contribution in [3.63, 3.8) is 0 Å². The van der Waals surface area contributed by atoms with Crippen LogP contribution < -0.4 is 0 Å². The molecule has 1 amide bonds. The predicted octanol–water partition coefficient (Wildman–Crippen LogP) is 1.83. The van der Waals surface area contributed by atoms with Gasteiger partial charge in [0.25, 0.3) is 0 Å². The molecule has 3 fully saturated rings. The highest BCUT2D eigenvalue weighted by Gasteiger charge is 2.49. The van der Waals surface area contributed by atoms with Crippen LogP contribution in [0.5, 0.6) is 0 Å². The fourth-order valence-corrected chi connectivity index (χ4v) is 3.60. The summed E-state index contributed by atoms with van der Waals surface area (Å²) >= 11 is 0. The van der Waals surface area contributed by atoms with E-state index in [0.717, 1.165) is 6.42 Å². The van der Waals surface area contributed by atoms with Crippen LogP contribution in [0.3, 0.4) is 0 Å². The number of halogens is 2. The third kappa shape index (κ3) is 2.55. The molecule has 20 heavy (non-hydrogen) atoms. The van der Waals surface area contributed by atoms with Crippen molar-refractivity contribution in [1.82, 2.24) is 4.90 Å². The van der Waals surface area contributed by atoms with E-state index in [4.69, 9.17) is 9.47 Å². The SMILES string of the molecule is O=C([C@H]1CCCC(F)(F)C1)N1CCOC[C@@]12CCOC2. The first kappa shape index (κ1) is 14.2. The van der Waals surface area contributed by atoms with Crippen LogP contribution in [0.1, 0.15) is 32.1 Å². The van der Waals surface area contributed by atoms with Crippen molar-refractivity contribution in [2.75, 3.05) is 33.0 Å². The van der Waals surface area contributed by atoms with Crippen LogP contribution in [0.15, 0.2) is 0 Å². The molecule has 0 radical (unpaired) electrons. The molecule has 1 saturated carbocycles. The average Bonchev–Trinajstić information content (AvgIpc) is 2.86. The van der Waals surface area contributed by atoms with Crippen molar-refractivity contribution in [1.29, 1.82) is 0 Å². The molecular weight excluding hydrogens is 268 g/mol. The number of amides is 1. The molecule has 2 heterocycles. The number of hydrogen-bond acceptors (Lipinski definition) is 3. The summed E-state index contributed by atoms with van der Waals surface area (Å²) in [5, 5.41) is 0. The van der Waals surface area contributed by atoms with Crippen LogP contribution in [0, 0.1) is 5.92 Å². The predicted molar refractivity (Wildman–Crippen MR) is 67.6 cm³/mol. The lowest BCUT2D eigenvalue weighted by molar-refractivity contribution is -0.160. The van der Waals surface area contributed by atoms with Gasteiger partial charge in [-0.15, -0.1) is 0 Å². The minimum Gasteiger partial charge on any atom is -0.379 e. The molecule has 6 heteroatoms. The quantitative estimate of drug-likeness (QED) is 0.739. The van der Waals surface area contributed by atoms with E-state index in [1.165, 1.54) is 0 Å². The first-order valence-corrected chi connectivity index (χ1v) is 7.37. The number of rotatable bonds is 1. The van der Waals surface area contributed by atoms with Crippen molar-refractivity contribution >= 4 is 5.91 Å². The molecule has 2 saturated heterocycles. The van der Waals surface area contributed by atoms with Crippen LogP contribution in [0.2, 0.25) is 0 Å². The fraction of sp³-hybridized carbons (Fsp3) is 0.929.